The quantitative estimate of drug-likeness (QED) is 0.427. The highest BCUT2D eigenvalue weighted by atomic mass is 16.5. The molecule has 0 aliphatic rings. The van der Waals surface area contributed by atoms with Gasteiger partial charge in [0, 0.05) is 23.5 Å². The lowest BCUT2D eigenvalue weighted by Crippen LogP contribution is -1.97. The van der Waals surface area contributed by atoms with Crippen molar-refractivity contribution in [3.05, 3.63) is 90.6 Å². The van der Waals surface area contributed by atoms with Crippen molar-refractivity contribution in [2.24, 2.45) is 0 Å². The normalized spacial score (nSPS) is 10.5. The van der Waals surface area contributed by atoms with Crippen LogP contribution in [0.3, 0.4) is 0 Å². The molecule has 0 spiro atoms. The highest BCUT2D eigenvalue weighted by molar-refractivity contribution is 6.04. The van der Waals surface area contributed by atoms with Gasteiger partial charge in [0.05, 0.1) is 14.2 Å². The Morgan fingerprint density at radius 2 is 1.57 bits per heavy atom. The Labute approximate surface area is 164 Å². The largest absolute Gasteiger partial charge is 0.497 e. The smallest absolute Gasteiger partial charge is 0.187 e. The average molecular weight is 375 g/mol. The second-order valence-corrected chi connectivity index (χ2v) is 5.85. The summed E-state index contributed by atoms with van der Waals surface area (Å²) in [5.41, 5.74) is 1.40. The Balaban J connectivity index is 1.59. The van der Waals surface area contributed by atoms with E-state index in [1.165, 1.54) is 6.08 Å². The molecule has 5 heteroatoms. The van der Waals surface area contributed by atoms with Crippen molar-refractivity contribution < 1.29 is 19.0 Å². The molecule has 142 valence electrons. The van der Waals surface area contributed by atoms with Crippen LogP contribution in [0.1, 0.15) is 10.4 Å². The highest BCUT2D eigenvalue weighted by Crippen LogP contribution is 2.31. The summed E-state index contributed by atoms with van der Waals surface area (Å²) in [5, 5.41) is 3.07. The molecule has 0 heterocycles. The van der Waals surface area contributed by atoms with Crippen molar-refractivity contribution in [3.8, 4) is 23.0 Å². The van der Waals surface area contributed by atoms with Crippen LogP contribution in [-0.4, -0.2) is 20.0 Å². The lowest BCUT2D eigenvalue weighted by atomic mass is 10.1. The van der Waals surface area contributed by atoms with Gasteiger partial charge in [0.1, 0.15) is 11.5 Å². The van der Waals surface area contributed by atoms with Crippen LogP contribution in [0.2, 0.25) is 0 Å². The summed E-state index contributed by atoms with van der Waals surface area (Å²) < 4.78 is 16.3. The number of ether oxygens (including phenoxy) is 3. The fourth-order valence-corrected chi connectivity index (χ4v) is 2.54. The van der Waals surface area contributed by atoms with E-state index in [4.69, 9.17) is 14.2 Å². The summed E-state index contributed by atoms with van der Waals surface area (Å²) in [4.78, 5) is 12.2. The number of rotatable bonds is 8. The van der Waals surface area contributed by atoms with Crippen LogP contribution >= 0.6 is 0 Å². The van der Waals surface area contributed by atoms with E-state index in [1.54, 1.807) is 44.7 Å². The van der Waals surface area contributed by atoms with Crippen molar-refractivity contribution >= 4 is 11.5 Å². The first-order valence-electron chi connectivity index (χ1n) is 8.72. The van der Waals surface area contributed by atoms with Gasteiger partial charge in [0.25, 0.3) is 0 Å². The van der Waals surface area contributed by atoms with E-state index < -0.39 is 0 Å². The molecule has 3 aromatic carbocycles. The van der Waals surface area contributed by atoms with Crippen LogP contribution in [0.15, 0.2) is 85.1 Å². The molecule has 5 nitrogen and oxygen atoms in total. The molecule has 0 amide bonds. The number of hydrogen-bond acceptors (Lipinski definition) is 5. The highest BCUT2D eigenvalue weighted by Gasteiger charge is 2.05. The number of benzene rings is 3. The molecule has 0 aliphatic heterocycles. The second kappa shape index (κ2) is 9.28. The van der Waals surface area contributed by atoms with Gasteiger partial charge in [-0.3, -0.25) is 4.79 Å². The van der Waals surface area contributed by atoms with Crippen LogP contribution in [-0.2, 0) is 0 Å². The first-order chi connectivity index (χ1) is 13.7. The van der Waals surface area contributed by atoms with Crippen molar-refractivity contribution in [1.29, 1.82) is 0 Å². The summed E-state index contributed by atoms with van der Waals surface area (Å²) in [6, 6.07) is 21.9. The monoisotopic (exact) mass is 375 g/mol. The molecule has 0 fully saturated rings. The molecule has 0 radical (unpaired) electrons. The Morgan fingerprint density at radius 3 is 2.29 bits per heavy atom. The third-order valence-corrected chi connectivity index (χ3v) is 3.99. The topological polar surface area (TPSA) is 56.8 Å². The molecule has 0 saturated carbocycles. The number of para-hydroxylation sites is 2. The zero-order valence-electron chi connectivity index (χ0n) is 15.7. The molecule has 0 aromatic heterocycles. The molecular weight excluding hydrogens is 354 g/mol. The Bertz CT molecular complexity index is 964. The standard InChI is InChI=1S/C23H21NO4/c1-26-20-7-5-6-17(16-20)21(25)14-15-24-18-10-12-19(13-11-18)28-23-9-4-3-8-22(23)27-2/h3-16,24H,1-2H3. The Morgan fingerprint density at radius 1 is 0.821 bits per heavy atom. The summed E-state index contributed by atoms with van der Waals surface area (Å²) in [6.07, 6.45) is 3.09. The van der Waals surface area contributed by atoms with Crippen LogP contribution in [0, 0.1) is 0 Å². The number of carbonyl (C=O) groups excluding carboxylic acids is 1. The number of methoxy groups -OCH3 is 2. The zero-order chi connectivity index (χ0) is 19.8. The van der Waals surface area contributed by atoms with E-state index in [1.807, 2.05) is 48.5 Å². The van der Waals surface area contributed by atoms with Gasteiger partial charge in [-0.25, -0.2) is 0 Å². The van der Waals surface area contributed by atoms with Crippen LogP contribution in [0.5, 0.6) is 23.0 Å². The third kappa shape index (κ3) is 4.92. The number of nitrogens with one attached hydrogen (secondary N) is 1. The molecule has 1 N–H and O–H groups in total. The number of allylic oxidation sites excluding steroid dienone is 1. The summed E-state index contributed by atoms with van der Waals surface area (Å²) in [6.45, 7) is 0. The molecular formula is C23H21NO4. The number of anilines is 1. The molecule has 0 saturated heterocycles. The number of carbonyl (C=O) groups is 1. The maximum Gasteiger partial charge on any atom is 0.187 e. The number of ketones is 1. The van der Waals surface area contributed by atoms with E-state index in [0.717, 1.165) is 5.69 Å². The molecule has 0 unspecified atom stereocenters. The van der Waals surface area contributed by atoms with Gasteiger partial charge >= 0.3 is 0 Å². The summed E-state index contributed by atoms with van der Waals surface area (Å²) in [7, 11) is 3.18. The van der Waals surface area contributed by atoms with Gasteiger partial charge in [0.15, 0.2) is 17.3 Å². The van der Waals surface area contributed by atoms with Gasteiger partial charge in [0.2, 0.25) is 0 Å². The first-order valence-corrected chi connectivity index (χ1v) is 8.72. The van der Waals surface area contributed by atoms with Crippen molar-refractivity contribution in [1.82, 2.24) is 0 Å². The van der Waals surface area contributed by atoms with E-state index in [9.17, 15) is 4.79 Å². The maximum absolute atomic E-state index is 12.2. The van der Waals surface area contributed by atoms with Crippen molar-refractivity contribution in [2.45, 2.75) is 0 Å². The van der Waals surface area contributed by atoms with Gasteiger partial charge in [-0.05, 0) is 48.5 Å². The maximum atomic E-state index is 12.2. The van der Waals surface area contributed by atoms with Gasteiger partial charge in [-0.15, -0.1) is 0 Å². The van der Waals surface area contributed by atoms with Gasteiger partial charge < -0.3 is 19.5 Å². The third-order valence-electron chi connectivity index (χ3n) is 3.99. The number of hydrogen-bond donors (Lipinski definition) is 1. The summed E-state index contributed by atoms with van der Waals surface area (Å²) in [5.74, 6) is 2.55. The molecule has 0 aliphatic carbocycles. The summed E-state index contributed by atoms with van der Waals surface area (Å²) >= 11 is 0. The molecule has 0 atom stereocenters. The van der Waals surface area contributed by atoms with Crippen LogP contribution in [0.4, 0.5) is 5.69 Å². The van der Waals surface area contributed by atoms with Crippen LogP contribution < -0.4 is 19.5 Å². The SMILES string of the molecule is COc1cccc(C(=O)C=CNc2ccc(Oc3ccccc3OC)cc2)c1. The first kappa shape index (κ1) is 19.0. The van der Waals surface area contributed by atoms with Crippen LogP contribution in [0.25, 0.3) is 0 Å². The molecule has 3 rings (SSSR count). The minimum absolute atomic E-state index is 0.109. The minimum Gasteiger partial charge on any atom is -0.497 e. The second-order valence-electron chi connectivity index (χ2n) is 5.85. The average Bonchev–Trinajstić information content (AvgIpc) is 2.75. The molecule has 3 aromatic rings. The van der Waals surface area contributed by atoms with E-state index in [-0.39, 0.29) is 5.78 Å². The van der Waals surface area contributed by atoms with Gasteiger partial charge in [-0.1, -0.05) is 24.3 Å². The van der Waals surface area contributed by atoms with E-state index >= 15 is 0 Å². The Kier molecular flexibility index (Phi) is 6.31. The van der Waals surface area contributed by atoms with Crippen molar-refractivity contribution in [3.63, 3.8) is 0 Å². The van der Waals surface area contributed by atoms with Gasteiger partial charge in [-0.2, -0.15) is 0 Å². The molecule has 0 bridgehead atoms. The molecule has 28 heavy (non-hydrogen) atoms. The lowest BCUT2D eigenvalue weighted by Gasteiger charge is -2.10. The predicted molar refractivity (Wildman–Crippen MR) is 110 cm³/mol. The minimum atomic E-state index is -0.109. The zero-order valence-corrected chi connectivity index (χ0v) is 15.7. The van der Waals surface area contributed by atoms with E-state index in [0.29, 0.717) is 28.6 Å². The van der Waals surface area contributed by atoms with E-state index in [2.05, 4.69) is 5.32 Å². The predicted octanol–water partition coefficient (Wildman–Crippen LogP) is 5.30. The fraction of sp³-hybridized carbons (Fsp3) is 0.0870. The van der Waals surface area contributed by atoms with Crippen molar-refractivity contribution in [2.75, 3.05) is 19.5 Å². The Hall–Kier alpha value is -3.73. The lowest BCUT2D eigenvalue weighted by molar-refractivity contribution is 0.104. The fourth-order valence-electron chi connectivity index (χ4n) is 2.54.